The Morgan fingerprint density at radius 2 is 1.89 bits per heavy atom. The average molecular weight is 402 g/mol. The van der Waals surface area contributed by atoms with Gasteiger partial charge < -0.3 is 9.42 Å². The Labute approximate surface area is 163 Å². The van der Waals surface area contributed by atoms with Crippen LogP contribution in [-0.2, 0) is 9.84 Å². The lowest BCUT2D eigenvalue weighted by molar-refractivity contribution is 0.164. The summed E-state index contributed by atoms with van der Waals surface area (Å²) in [6.45, 7) is 6.99. The van der Waals surface area contributed by atoms with Gasteiger partial charge in [-0.15, -0.1) is 0 Å². The van der Waals surface area contributed by atoms with Crippen molar-refractivity contribution >= 4 is 26.6 Å². The molecule has 9 nitrogen and oxygen atoms in total. The van der Waals surface area contributed by atoms with Crippen molar-refractivity contribution in [2.24, 2.45) is 0 Å². The van der Waals surface area contributed by atoms with Gasteiger partial charge in [-0.25, -0.2) is 18.4 Å². The van der Waals surface area contributed by atoms with Gasteiger partial charge in [0.2, 0.25) is 5.89 Å². The molecule has 0 saturated carbocycles. The number of benzene rings is 1. The highest BCUT2D eigenvalue weighted by molar-refractivity contribution is 7.90. The predicted molar refractivity (Wildman–Crippen MR) is 104 cm³/mol. The molecule has 1 aliphatic rings. The Morgan fingerprint density at radius 1 is 1.14 bits per heavy atom. The van der Waals surface area contributed by atoms with Crippen molar-refractivity contribution in [2.75, 3.05) is 37.3 Å². The van der Waals surface area contributed by atoms with E-state index in [1.165, 1.54) is 12.6 Å². The summed E-state index contributed by atoms with van der Waals surface area (Å²) in [4.78, 5) is 17.8. The second-order valence-electron chi connectivity index (χ2n) is 7.03. The molecular formula is C18H22N6O3S. The Balaban J connectivity index is 1.57. The Bertz CT molecular complexity index is 1110. The van der Waals surface area contributed by atoms with Crippen molar-refractivity contribution in [2.45, 2.75) is 24.8 Å². The first-order valence-corrected chi connectivity index (χ1v) is 11.0. The highest BCUT2D eigenvalue weighted by atomic mass is 32.2. The molecule has 10 heteroatoms. The van der Waals surface area contributed by atoms with Crippen LogP contribution in [0.4, 0.5) is 5.82 Å². The van der Waals surface area contributed by atoms with Gasteiger partial charge in [-0.3, -0.25) is 4.90 Å². The predicted octanol–water partition coefficient (Wildman–Crippen LogP) is 1.61. The molecule has 0 spiro atoms. The number of aromatic nitrogens is 4. The fourth-order valence-corrected chi connectivity index (χ4v) is 4.11. The molecule has 3 heterocycles. The van der Waals surface area contributed by atoms with E-state index in [4.69, 9.17) is 4.52 Å². The minimum Gasteiger partial charge on any atom is -0.353 e. The molecule has 4 rings (SSSR count). The SMILES string of the molecule is Cc1noc(C(C)N2CCN(c3ncnc4ccc(S(C)(=O)=O)cc34)CC2)n1. The van der Waals surface area contributed by atoms with E-state index in [0.29, 0.717) is 11.7 Å². The minimum absolute atomic E-state index is 0.0438. The molecule has 1 atom stereocenters. The van der Waals surface area contributed by atoms with Gasteiger partial charge in [0.1, 0.15) is 12.1 Å². The third-order valence-electron chi connectivity index (χ3n) is 5.08. The van der Waals surface area contributed by atoms with Gasteiger partial charge in [-0.1, -0.05) is 5.16 Å². The number of anilines is 1. The molecule has 1 aromatic carbocycles. The molecule has 1 fully saturated rings. The molecule has 3 aromatic rings. The summed E-state index contributed by atoms with van der Waals surface area (Å²) in [5.74, 6) is 2.02. The lowest BCUT2D eigenvalue weighted by Gasteiger charge is -2.37. The van der Waals surface area contributed by atoms with E-state index in [1.807, 2.05) is 6.92 Å². The molecule has 0 N–H and O–H groups in total. The second-order valence-corrected chi connectivity index (χ2v) is 9.04. The first-order valence-electron chi connectivity index (χ1n) is 9.07. The topological polar surface area (TPSA) is 105 Å². The van der Waals surface area contributed by atoms with Gasteiger partial charge >= 0.3 is 0 Å². The van der Waals surface area contributed by atoms with E-state index >= 15 is 0 Å². The van der Waals surface area contributed by atoms with Gasteiger partial charge in [0, 0.05) is 37.8 Å². The molecule has 2 aromatic heterocycles. The fraction of sp³-hybridized carbons (Fsp3) is 0.444. The summed E-state index contributed by atoms with van der Waals surface area (Å²) in [7, 11) is -3.30. The molecule has 0 aliphatic carbocycles. The number of sulfone groups is 1. The van der Waals surface area contributed by atoms with Crippen molar-refractivity contribution in [1.29, 1.82) is 0 Å². The molecule has 0 radical (unpaired) electrons. The molecular weight excluding hydrogens is 380 g/mol. The quantitative estimate of drug-likeness (QED) is 0.643. The lowest BCUT2D eigenvalue weighted by Crippen LogP contribution is -2.47. The highest BCUT2D eigenvalue weighted by Crippen LogP contribution is 2.28. The van der Waals surface area contributed by atoms with Crippen LogP contribution in [0.25, 0.3) is 10.9 Å². The number of piperazine rings is 1. The van der Waals surface area contributed by atoms with Crippen LogP contribution < -0.4 is 4.90 Å². The van der Waals surface area contributed by atoms with Gasteiger partial charge in [-0.05, 0) is 32.0 Å². The van der Waals surface area contributed by atoms with Crippen molar-refractivity contribution in [3.8, 4) is 0 Å². The van der Waals surface area contributed by atoms with Crippen LogP contribution in [0.3, 0.4) is 0 Å². The molecule has 148 valence electrons. The highest BCUT2D eigenvalue weighted by Gasteiger charge is 2.27. The summed E-state index contributed by atoms with van der Waals surface area (Å²) in [5, 5.41) is 4.62. The number of hydrogen-bond acceptors (Lipinski definition) is 9. The molecule has 0 bridgehead atoms. The molecule has 1 saturated heterocycles. The van der Waals surface area contributed by atoms with Crippen LogP contribution in [-0.4, -0.2) is 65.9 Å². The maximum atomic E-state index is 11.9. The summed E-state index contributed by atoms with van der Waals surface area (Å²) in [5.41, 5.74) is 0.731. The molecule has 1 unspecified atom stereocenters. The fourth-order valence-electron chi connectivity index (χ4n) is 3.46. The van der Waals surface area contributed by atoms with Crippen LogP contribution in [0.1, 0.15) is 24.7 Å². The van der Waals surface area contributed by atoms with Crippen LogP contribution in [0.15, 0.2) is 33.9 Å². The normalized spacial score (nSPS) is 17.2. The monoisotopic (exact) mass is 402 g/mol. The summed E-state index contributed by atoms with van der Waals surface area (Å²) in [6.07, 6.45) is 2.73. The molecule has 1 aliphatic heterocycles. The van der Waals surface area contributed by atoms with Crippen LogP contribution in [0, 0.1) is 6.92 Å². The van der Waals surface area contributed by atoms with E-state index in [1.54, 1.807) is 18.2 Å². The Kier molecular flexibility index (Phi) is 4.76. The van der Waals surface area contributed by atoms with Crippen molar-refractivity contribution in [1.82, 2.24) is 25.0 Å². The number of fused-ring (bicyclic) bond motifs is 1. The zero-order valence-electron chi connectivity index (χ0n) is 16.0. The first kappa shape index (κ1) is 18.8. The Hall–Kier alpha value is -2.59. The molecule has 0 amide bonds. The number of nitrogens with zero attached hydrogens (tertiary/aromatic N) is 6. The van der Waals surface area contributed by atoms with Crippen molar-refractivity contribution in [3.63, 3.8) is 0 Å². The van der Waals surface area contributed by atoms with E-state index in [0.717, 1.165) is 42.9 Å². The van der Waals surface area contributed by atoms with Crippen LogP contribution in [0.2, 0.25) is 0 Å². The van der Waals surface area contributed by atoms with Crippen molar-refractivity contribution < 1.29 is 12.9 Å². The summed E-state index contributed by atoms with van der Waals surface area (Å²) in [6, 6.07) is 5.02. The van der Waals surface area contributed by atoms with Gasteiger partial charge in [-0.2, -0.15) is 4.98 Å². The third-order valence-corrected chi connectivity index (χ3v) is 6.19. The summed E-state index contributed by atoms with van der Waals surface area (Å²) < 4.78 is 29.2. The largest absolute Gasteiger partial charge is 0.353 e. The number of rotatable bonds is 4. The smallest absolute Gasteiger partial charge is 0.243 e. The van der Waals surface area contributed by atoms with Gasteiger partial charge in [0.05, 0.1) is 16.5 Å². The second kappa shape index (κ2) is 7.10. The van der Waals surface area contributed by atoms with Crippen LogP contribution >= 0.6 is 0 Å². The van der Waals surface area contributed by atoms with Gasteiger partial charge in [0.25, 0.3) is 0 Å². The lowest BCUT2D eigenvalue weighted by atomic mass is 10.2. The maximum absolute atomic E-state index is 11.9. The summed E-state index contributed by atoms with van der Waals surface area (Å²) >= 11 is 0. The third kappa shape index (κ3) is 3.57. The number of aryl methyl sites for hydroxylation is 1. The van der Waals surface area contributed by atoms with Gasteiger partial charge in [0.15, 0.2) is 15.7 Å². The maximum Gasteiger partial charge on any atom is 0.243 e. The zero-order valence-corrected chi connectivity index (χ0v) is 16.8. The zero-order chi connectivity index (χ0) is 19.9. The Morgan fingerprint density at radius 3 is 2.54 bits per heavy atom. The molecule has 28 heavy (non-hydrogen) atoms. The van der Waals surface area contributed by atoms with Crippen molar-refractivity contribution in [3.05, 3.63) is 36.2 Å². The van der Waals surface area contributed by atoms with Crippen LogP contribution in [0.5, 0.6) is 0 Å². The van der Waals surface area contributed by atoms with E-state index in [2.05, 4.69) is 36.8 Å². The van der Waals surface area contributed by atoms with E-state index in [-0.39, 0.29) is 10.9 Å². The minimum atomic E-state index is -3.30. The van der Waals surface area contributed by atoms with E-state index in [9.17, 15) is 8.42 Å². The standard InChI is InChI=1S/C18H22N6O3S/c1-12(18-21-13(2)22-27-18)23-6-8-24(9-7-23)17-15-10-14(28(3,25)26)4-5-16(15)19-11-20-17/h4-5,10-12H,6-9H2,1-3H3. The first-order chi connectivity index (χ1) is 13.3. The number of hydrogen-bond donors (Lipinski definition) is 0. The average Bonchev–Trinajstić information content (AvgIpc) is 3.12. The van der Waals surface area contributed by atoms with E-state index < -0.39 is 9.84 Å².